The van der Waals surface area contributed by atoms with E-state index in [1.807, 2.05) is 0 Å². The van der Waals surface area contributed by atoms with Gasteiger partial charge in [-0.1, -0.05) is 40.5 Å². The summed E-state index contributed by atoms with van der Waals surface area (Å²) in [7, 11) is 0. The van der Waals surface area contributed by atoms with Crippen LogP contribution in [-0.4, -0.2) is 62.2 Å². The predicted octanol–water partition coefficient (Wildman–Crippen LogP) is 3.07. The van der Waals surface area contributed by atoms with Crippen LogP contribution in [0, 0.1) is 11.8 Å². The van der Waals surface area contributed by atoms with Gasteiger partial charge in [-0.05, 0) is 44.3 Å². The van der Waals surface area contributed by atoms with Crippen molar-refractivity contribution in [3.8, 4) is 0 Å². The minimum absolute atomic E-state index is 0.777. The summed E-state index contributed by atoms with van der Waals surface area (Å²) in [6.45, 7) is 19.3. The Balaban J connectivity index is 1.88. The van der Waals surface area contributed by atoms with Crippen molar-refractivity contribution in [2.24, 2.45) is 11.8 Å². The lowest BCUT2D eigenvalue weighted by molar-refractivity contribution is 0.121. The highest BCUT2D eigenvalue weighted by molar-refractivity contribution is 4.72. The highest BCUT2D eigenvalue weighted by Crippen LogP contribution is 2.07. The van der Waals surface area contributed by atoms with Gasteiger partial charge in [0.05, 0.1) is 0 Å². The Morgan fingerprint density at radius 2 is 1.38 bits per heavy atom. The molecule has 0 radical (unpaired) electrons. The maximum Gasteiger partial charge on any atom is 0.0110 e. The van der Waals surface area contributed by atoms with Crippen molar-refractivity contribution < 1.29 is 0 Å². The van der Waals surface area contributed by atoms with Gasteiger partial charge in [-0.25, -0.2) is 0 Å². The van der Waals surface area contributed by atoms with Gasteiger partial charge in [0, 0.05) is 32.7 Å². The smallest absolute Gasteiger partial charge is 0.0110 e. The van der Waals surface area contributed by atoms with Crippen LogP contribution < -0.4 is 5.32 Å². The van der Waals surface area contributed by atoms with Crippen LogP contribution >= 0.6 is 0 Å². The fourth-order valence-electron chi connectivity index (χ4n) is 3.04. The van der Waals surface area contributed by atoms with Gasteiger partial charge < -0.3 is 15.1 Å². The second-order valence-corrected chi connectivity index (χ2v) is 7.55. The molecule has 1 fully saturated rings. The van der Waals surface area contributed by atoms with Crippen LogP contribution in [0.15, 0.2) is 0 Å². The molecular formula is C18H39N3. The summed E-state index contributed by atoms with van der Waals surface area (Å²) in [4.78, 5) is 5.29. The predicted molar refractivity (Wildman–Crippen MR) is 93.9 cm³/mol. The monoisotopic (exact) mass is 297 g/mol. The average molecular weight is 298 g/mol. The number of nitrogens with zero attached hydrogens (tertiary/aromatic N) is 2. The molecule has 0 unspecified atom stereocenters. The fourth-order valence-corrected chi connectivity index (χ4v) is 3.04. The van der Waals surface area contributed by atoms with Gasteiger partial charge >= 0.3 is 0 Å². The van der Waals surface area contributed by atoms with Gasteiger partial charge in [0.15, 0.2) is 0 Å². The first kappa shape index (κ1) is 18.9. The molecule has 1 N–H and O–H groups in total. The standard InChI is InChI=1S/C18H39N3/c1-17(2)15-19-9-7-5-6-8-10-20-11-13-21(14-12-20)16-18(3)4/h17-19H,5-16H2,1-4H3. The molecule has 0 saturated carbocycles. The van der Waals surface area contributed by atoms with Crippen LogP contribution in [-0.2, 0) is 0 Å². The van der Waals surface area contributed by atoms with Gasteiger partial charge in [-0.2, -0.15) is 0 Å². The molecule has 126 valence electrons. The molecule has 0 spiro atoms. The Hall–Kier alpha value is -0.120. The van der Waals surface area contributed by atoms with E-state index in [0.29, 0.717) is 0 Å². The third kappa shape index (κ3) is 10.3. The van der Waals surface area contributed by atoms with E-state index in [9.17, 15) is 0 Å². The van der Waals surface area contributed by atoms with Crippen molar-refractivity contribution in [2.75, 3.05) is 52.4 Å². The van der Waals surface area contributed by atoms with Gasteiger partial charge in [-0.15, -0.1) is 0 Å². The number of hydrogen-bond donors (Lipinski definition) is 1. The zero-order chi connectivity index (χ0) is 15.5. The maximum atomic E-state index is 3.53. The quantitative estimate of drug-likeness (QED) is 0.591. The highest BCUT2D eigenvalue weighted by atomic mass is 15.3. The molecule has 1 aliphatic rings. The second-order valence-electron chi connectivity index (χ2n) is 7.55. The number of unbranched alkanes of at least 4 members (excludes halogenated alkanes) is 3. The molecule has 1 aliphatic heterocycles. The molecule has 0 aromatic carbocycles. The van der Waals surface area contributed by atoms with E-state index in [4.69, 9.17) is 0 Å². The van der Waals surface area contributed by atoms with Crippen LogP contribution in [0.2, 0.25) is 0 Å². The first-order valence-electron chi connectivity index (χ1n) is 9.23. The topological polar surface area (TPSA) is 18.5 Å². The Morgan fingerprint density at radius 3 is 2.00 bits per heavy atom. The molecule has 1 rings (SSSR count). The zero-order valence-corrected chi connectivity index (χ0v) is 15.0. The number of nitrogens with one attached hydrogen (secondary N) is 1. The molecule has 3 heteroatoms. The number of hydrogen-bond acceptors (Lipinski definition) is 3. The van der Waals surface area contributed by atoms with E-state index in [1.54, 1.807) is 0 Å². The van der Waals surface area contributed by atoms with E-state index >= 15 is 0 Å². The Kier molecular flexibility index (Phi) is 10.3. The summed E-state index contributed by atoms with van der Waals surface area (Å²) < 4.78 is 0. The molecule has 1 saturated heterocycles. The molecule has 0 atom stereocenters. The molecule has 0 aromatic rings. The minimum Gasteiger partial charge on any atom is -0.316 e. The molecule has 0 bridgehead atoms. The number of piperazine rings is 1. The van der Waals surface area contributed by atoms with Crippen LogP contribution in [0.4, 0.5) is 0 Å². The molecule has 21 heavy (non-hydrogen) atoms. The zero-order valence-electron chi connectivity index (χ0n) is 15.0. The van der Waals surface area contributed by atoms with Gasteiger partial charge in [0.2, 0.25) is 0 Å². The third-order valence-corrected chi connectivity index (χ3v) is 4.22. The molecule has 0 amide bonds. The van der Waals surface area contributed by atoms with E-state index in [-0.39, 0.29) is 0 Å². The Labute approximate surface area is 133 Å². The first-order chi connectivity index (χ1) is 10.1. The van der Waals surface area contributed by atoms with Gasteiger partial charge in [0.1, 0.15) is 0 Å². The summed E-state index contributed by atoms with van der Waals surface area (Å²) in [6.07, 6.45) is 5.51. The molecular weight excluding hydrogens is 258 g/mol. The minimum atomic E-state index is 0.777. The van der Waals surface area contributed by atoms with Gasteiger partial charge in [-0.3, -0.25) is 0 Å². The van der Waals surface area contributed by atoms with Crippen molar-refractivity contribution in [3.63, 3.8) is 0 Å². The van der Waals surface area contributed by atoms with Crippen molar-refractivity contribution in [2.45, 2.75) is 53.4 Å². The maximum absolute atomic E-state index is 3.53. The number of rotatable bonds is 11. The fraction of sp³-hybridized carbons (Fsp3) is 1.00. The van der Waals surface area contributed by atoms with Gasteiger partial charge in [0.25, 0.3) is 0 Å². The van der Waals surface area contributed by atoms with Crippen molar-refractivity contribution in [1.29, 1.82) is 0 Å². The second kappa shape index (κ2) is 11.4. The highest BCUT2D eigenvalue weighted by Gasteiger charge is 2.16. The molecule has 1 heterocycles. The normalized spacial score (nSPS) is 18.0. The molecule has 0 aliphatic carbocycles. The summed E-state index contributed by atoms with van der Waals surface area (Å²) in [5.41, 5.74) is 0. The van der Waals surface area contributed by atoms with Crippen LogP contribution in [0.3, 0.4) is 0 Å². The van der Waals surface area contributed by atoms with Crippen LogP contribution in [0.1, 0.15) is 53.4 Å². The summed E-state index contributed by atoms with van der Waals surface area (Å²) in [6, 6.07) is 0. The van der Waals surface area contributed by atoms with Crippen molar-refractivity contribution in [1.82, 2.24) is 15.1 Å². The lowest BCUT2D eigenvalue weighted by atomic mass is 10.1. The lowest BCUT2D eigenvalue weighted by Gasteiger charge is -2.35. The summed E-state index contributed by atoms with van der Waals surface area (Å²) in [5, 5.41) is 3.53. The average Bonchev–Trinajstić information content (AvgIpc) is 2.42. The van der Waals surface area contributed by atoms with Crippen LogP contribution in [0.25, 0.3) is 0 Å². The van der Waals surface area contributed by atoms with Crippen molar-refractivity contribution in [3.05, 3.63) is 0 Å². The summed E-state index contributed by atoms with van der Waals surface area (Å²) >= 11 is 0. The largest absolute Gasteiger partial charge is 0.316 e. The van der Waals surface area contributed by atoms with E-state index < -0.39 is 0 Å². The lowest BCUT2D eigenvalue weighted by Crippen LogP contribution is -2.47. The molecule has 0 aromatic heterocycles. The molecule has 3 nitrogen and oxygen atoms in total. The van der Waals surface area contributed by atoms with E-state index in [0.717, 1.165) is 11.8 Å². The van der Waals surface area contributed by atoms with Crippen LogP contribution in [0.5, 0.6) is 0 Å². The van der Waals surface area contributed by atoms with Crippen molar-refractivity contribution >= 4 is 0 Å². The Morgan fingerprint density at radius 1 is 0.762 bits per heavy atom. The van der Waals surface area contributed by atoms with E-state index in [2.05, 4.69) is 42.8 Å². The first-order valence-corrected chi connectivity index (χ1v) is 9.23. The SMILES string of the molecule is CC(C)CNCCCCCCN1CCN(CC(C)C)CC1. The third-order valence-electron chi connectivity index (χ3n) is 4.22. The van der Waals surface area contributed by atoms with E-state index in [1.165, 1.54) is 78.0 Å². The summed E-state index contributed by atoms with van der Waals surface area (Å²) in [5.74, 6) is 1.58. The Bertz CT molecular complexity index is 233.